The summed E-state index contributed by atoms with van der Waals surface area (Å²) in [5, 5.41) is 3.34. The third-order valence-corrected chi connectivity index (χ3v) is 3.13. The van der Waals surface area contributed by atoms with E-state index in [9.17, 15) is 4.79 Å². The van der Waals surface area contributed by atoms with Crippen LogP contribution in [0, 0.1) is 5.92 Å². The topological polar surface area (TPSA) is 41.6 Å². The van der Waals surface area contributed by atoms with Gasteiger partial charge in [-0.05, 0) is 32.9 Å². The molecular formula is C11H22N2O2. The molecule has 1 aliphatic heterocycles. The largest absolute Gasteiger partial charge is 0.468 e. The summed E-state index contributed by atoms with van der Waals surface area (Å²) in [5.74, 6) is 0.400. The summed E-state index contributed by atoms with van der Waals surface area (Å²) in [7, 11) is 3.56. The molecule has 0 spiro atoms. The van der Waals surface area contributed by atoms with Crippen molar-refractivity contribution in [3.8, 4) is 0 Å². The van der Waals surface area contributed by atoms with Crippen LogP contribution in [-0.4, -0.2) is 50.2 Å². The van der Waals surface area contributed by atoms with Crippen LogP contribution in [0.5, 0.6) is 0 Å². The fourth-order valence-corrected chi connectivity index (χ4v) is 2.17. The van der Waals surface area contributed by atoms with Crippen molar-refractivity contribution in [1.29, 1.82) is 0 Å². The van der Waals surface area contributed by atoms with Crippen LogP contribution in [-0.2, 0) is 9.53 Å². The molecule has 3 unspecified atom stereocenters. The summed E-state index contributed by atoms with van der Waals surface area (Å²) >= 11 is 0. The summed E-state index contributed by atoms with van der Waals surface area (Å²) in [6.07, 6.45) is 1.10. The summed E-state index contributed by atoms with van der Waals surface area (Å²) in [4.78, 5) is 13.6. The number of esters is 1. The second kappa shape index (κ2) is 5.47. The van der Waals surface area contributed by atoms with E-state index in [1.165, 1.54) is 7.11 Å². The van der Waals surface area contributed by atoms with Crippen LogP contribution < -0.4 is 5.32 Å². The zero-order valence-corrected chi connectivity index (χ0v) is 10.1. The van der Waals surface area contributed by atoms with Crippen molar-refractivity contribution >= 4 is 5.97 Å². The number of hydrogen-bond acceptors (Lipinski definition) is 4. The van der Waals surface area contributed by atoms with Crippen LogP contribution in [0.4, 0.5) is 0 Å². The van der Waals surface area contributed by atoms with Gasteiger partial charge in [-0.25, -0.2) is 0 Å². The second-order valence-electron chi connectivity index (χ2n) is 4.55. The molecule has 15 heavy (non-hydrogen) atoms. The lowest BCUT2D eigenvalue weighted by Gasteiger charge is -2.36. The molecule has 4 heteroatoms. The number of piperidine rings is 1. The van der Waals surface area contributed by atoms with Crippen LogP contribution in [0.1, 0.15) is 20.3 Å². The van der Waals surface area contributed by atoms with Crippen LogP contribution >= 0.6 is 0 Å². The Morgan fingerprint density at radius 3 is 2.80 bits per heavy atom. The quantitative estimate of drug-likeness (QED) is 0.694. The lowest BCUT2D eigenvalue weighted by Crippen LogP contribution is -2.51. The van der Waals surface area contributed by atoms with Gasteiger partial charge in [0.25, 0.3) is 0 Å². The molecule has 88 valence electrons. The molecule has 4 nitrogen and oxygen atoms in total. The first-order valence-electron chi connectivity index (χ1n) is 5.57. The first kappa shape index (κ1) is 12.5. The van der Waals surface area contributed by atoms with E-state index in [-0.39, 0.29) is 12.0 Å². The standard InChI is InChI=1S/C11H22N2O2/c1-8-7-13(3)6-5-10(8)12-9(2)11(14)15-4/h8-10,12H,5-7H2,1-4H3. The Balaban J connectivity index is 2.41. The maximum Gasteiger partial charge on any atom is 0.322 e. The van der Waals surface area contributed by atoms with Gasteiger partial charge in [0.05, 0.1) is 7.11 Å². The number of carbonyl (C=O) groups is 1. The molecule has 3 atom stereocenters. The number of methoxy groups -OCH3 is 1. The molecule has 1 heterocycles. The molecule has 1 fully saturated rings. The third kappa shape index (κ3) is 3.47. The maximum absolute atomic E-state index is 11.3. The summed E-state index contributed by atoms with van der Waals surface area (Å²) in [5.41, 5.74) is 0. The number of hydrogen-bond donors (Lipinski definition) is 1. The fraction of sp³-hybridized carbons (Fsp3) is 0.909. The Hall–Kier alpha value is -0.610. The molecule has 0 aliphatic carbocycles. The molecule has 1 saturated heterocycles. The van der Waals surface area contributed by atoms with E-state index in [0.717, 1.165) is 19.5 Å². The molecule has 1 N–H and O–H groups in total. The van der Waals surface area contributed by atoms with Crippen molar-refractivity contribution in [2.45, 2.75) is 32.4 Å². The lowest BCUT2D eigenvalue weighted by molar-refractivity contribution is -0.143. The Kier molecular flexibility index (Phi) is 4.54. The van der Waals surface area contributed by atoms with Gasteiger partial charge in [-0.15, -0.1) is 0 Å². The summed E-state index contributed by atoms with van der Waals surface area (Å²) < 4.78 is 4.70. The van der Waals surface area contributed by atoms with Gasteiger partial charge in [0.2, 0.25) is 0 Å². The maximum atomic E-state index is 11.3. The van der Waals surface area contributed by atoms with E-state index < -0.39 is 0 Å². The van der Waals surface area contributed by atoms with Crippen molar-refractivity contribution < 1.29 is 9.53 Å². The van der Waals surface area contributed by atoms with Gasteiger partial charge in [-0.1, -0.05) is 6.92 Å². The van der Waals surface area contributed by atoms with Crippen molar-refractivity contribution in [2.24, 2.45) is 5.92 Å². The van der Waals surface area contributed by atoms with Crippen molar-refractivity contribution in [2.75, 3.05) is 27.2 Å². The Bertz CT molecular complexity index is 221. The zero-order chi connectivity index (χ0) is 11.4. The number of rotatable bonds is 3. The SMILES string of the molecule is COC(=O)C(C)NC1CCN(C)CC1C. The normalized spacial score (nSPS) is 29.9. The minimum atomic E-state index is -0.203. The van der Waals surface area contributed by atoms with Crippen molar-refractivity contribution in [1.82, 2.24) is 10.2 Å². The first-order chi connectivity index (χ1) is 7.04. The van der Waals surface area contributed by atoms with E-state index >= 15 is 0 Å². The number of nitrogens with zero attached hydrogens (tertiary/aromatic N) is 1. The Morgan fingerprint density at radius 2 is 2.27 bits per heavy atom. The van der Waals surface area contributed by atoms with Crippen molar-refractivity contribution in [3.05, 3.63) is 0 Å². The Morgan fingerprint density at radius 1 is 1.60 bits per heavy atom. The average molecular weight is 214 g/mol. The molecule has 0 saturated carbocycles. The smallest absolute Gasteiger partial charge is 0.322 e. The van der Waals surface area contributed by atoms with Crippen LogP contribution in [0.15, 0.2) is 0 Å². The van der Waals surface area contributed by atoms with E-state index in [2.05, 4.69) is 24.2 Å². The molecule has 0 radical (unpaired) electrons. The monoisotopic (exact) mass is 214 g/mol. The Labute approximate surface area is 92.0 Å². The molecule has 1 rings (SSSR count). The average Bonchev–Trinajstić information content (AvgIpc) is 2.20. The summed E-state index contributed by atoms with van der Waals surface area (Å²) in [6, 6.07) is 0.223. The van der Waals surface area contributed by atoms with E-state index in [4.69, 9.17) is 4.74 Å². The highest BCUT2D eigenvalue weighted by Gasteiger charge is 2.26. The van der Waals surface area contributed by atoms with Gasteiger partial charge in [-0.3, -0.25) is 4.79 Å². The van der Waals surface area contributed by atoms with Gasteiger partial charge < -0.3 is 15.0 Å². The fourth-order valence-electron chi connectivity index (χ4n) is 2.17. The van der Waals surface area contributed by atoms with Gasteiger partial charge in [0.1, 0.15) is 6.04 Å². The van der Waals surface area contributed by atoms with E-state index in [1.807, 2.05) is 6.92 Å². The third-order valence-electron chi connectivity index (χ3n) is 3.13. The molecule has 0 bridgehead atoms. The van der Waals surface area contributed by atoms with Gasteiger partial charge in [0, 0.05) is 12.6 Å². The van der Waals surface area contributed by atoms with Gasteiger partial charge in [-0.2, -0.15) is 0 Å². The minimum Gasteiger partial charge on any atom is -0.468 e. The lowest BCUT2D eigenvalue weighted by atomic mass is 9.93. The second-order valence-corrected chi connectivity index (χ2v) is 4.55. The highest BCUT2D eigenvalue weighted by Crippen LogP contribution is 2.15. The first-order valence-corrected chi connectivity index (χ1v) is 5.57. The van der Waals surface area contributed by atoms with E-state index in [1.54, 1.807) is 0 Å². The molecule has 0 amide bonds. The number of carbonyl (C=O) groups excluding carboxylic acids is 1. The number of nitrogens with one attached hydrogen (secondary N) is 1. The minimum absolute atomic E-state index is 0.180. The predicted octanol–water partition coefficient (Wildman–Crippen LogP) is 0.478. The van der Waals surface area contributed by atoms with Gasteiger partial charge in [0.15, 0.2) is 0 Å². The van der Waals surface area contributed by atoms with Crippen LogP contribution in [0.3, 0.4) is 0 Å². The highest BCUT2D eigenvalue weighted by molar-refractivity contribution is 5.75. The number of likely N-dealkylation sites (tertiary alicyclic amines) is 1. The number of ether oxygens (including phenoxy) is 1. The van der Waals surface area contributed by atoms with Gasteiger partial charge >= 0.3 is 5.97 Å². The van der Waals surface area contributed by atoms with Crippen LogP contribution in [0.2, 0.25) is 0 Å². The zero-order valence-electron chi connectivity index (χ0n) is 10.1. The van der Waals surface area contributed by atoms with Crippen LogP contribution in [0.25, 0.3) is 0 Å². The molecule has 0 aromatic carbocycles. The molecule has 1 aliphatic rings. The highest BCUT2D eigenvalue weighted by atomic mass is 16.5. The molecular weight excluding hydrogens is 192 g/mol. The summed E-state index contributed by atoms with van der Waals surface area (Å²) in [6.45, 7) is 6.26. The molecule has 0 aromatic rings. The molecule has 0 aromatic heterocycles. The van der Waals surface area contributed by atoms with Crippen molar-refractivity contribution in [3.63, 3.8) is 0 Å². The predicted molar refractivity (Wildman–Crippen MR) is 59.7 cm³/mol. The van der Waals surface area contributed by atoms with E-state index in [0.29, 0.717) is 12.0 Å².